The van der Waals surface area contributed by atoms with Crippen molar-refractivity contribution in [2.24, 2.45) is 5.92 Å². The summed E-state index contributed by atoms with van der Waals surface area (Å²) in [6.07, 6.45) is 3.46. The molecule has 4 heteroatoms. The highest BCUT2D eigenvalue weighted by molar-refractivity contribution is 5.00. The summed E-state index contributed by atoms with van der Waals surface area (Å²) in [6.45, 7) is 11.1. The standard InChI is InChI=1S/C15H31NO3/c1-5-8-16-15(11-17,13-6-7-13)12-18-9-10-19-14(2,3)4/h13,16-17H,5-12H2,1-4H3. The van der Waals surface area contributed by atoms with Gasteiger partial charge >= 0.3 is 0 Å². The molecule has 19 heavy (non-hydrogen) atoms. The maximum atomic E-state index is 9.73. The molecule has 1 unspecified atom stereocenters. The van der Waals surface area contributed by atoms with E-state index in [4.69, 9.17) is 9.47 Å². The smallest absolute Gasteiger partial charge is 0.0707 e. The molecule has 0 aromatic heterocycles. The molecule has 0 aliphatic heterocycles. The summed E-state index contributed by atoms with van der Waals surface area (Å²) < 4.78 is 11.4. The summed E-state index contributed by atoms with van der Waals surface area (Å²) >= 11 is 0. The number of hydrogen-bond acceptors (Lipinski definition) is 4. The van der Waals surface area contributed by atoms with E-state index >= 15 is 0 Å². The first kappa shape index (κ1) is 16.9. The number of hydrogen-bond donors (Lipinski definition) is 2. The second kappa shape index (κ2) is 7.58. The van der Waals surface area contributed by atoms with Gasteiger partial charge in [0, 0.05) is 0 Å². The number of ether oxygens (including phenoxy) is 2. The largest absolute Gasteiger partial charge is 0.394 e. The monoisotopic (exact) mass is 273 g/mol. The molecule has 1 rings (SSSR count). The van der Waals surface area contributed by atoms with E-state index in [2.05, 4.69) is 12.2 Å². The van der Waals surface area contributed by atoms with Crippen LogP contribution in [0.3, 0.4) is 0 Å². The van der Waals surface area contributed by atoms with Crippen molar-refractivity contribution in [1.82, 2.24) is 5.32 Å². The van der Waals surface area contributed by atoms with Gasteiger partial charge in [0.1, 0.15) is 0 Å². The number of aliphatic hydroxyl groups is 1. The topological polar surface area (TPSA) is 50.7 Å². The van der Waals surface area contributed by atoms with Crippen LogP contribution >= 0.6 is 0 Å². The zero-order valence-corrected chi connectivity index (χ0v) is 13.0. The Morgan fingerprint density at radius 3 is 2.37 bits per heavy atom. The Morgan fingerprint density at radius 2 is 1.89 bits per heavy atom. The van der Waals surface area contributed by atoms with E-state index in [9.17, 15) is 5.11 Å². The SMILES string of the molecule is CCCNC(CO)(COCCOC(C)(C)C)C1CC1. The minimum Gasteiger partial charge on any atom is -0.394 e. The van der Waals surface area contributed by atoms with E-state index < -0.39 is 0 Å². The number of nitrogens with one attached hydrogen (secondary N) is 1. The van der Waals surface area contributed by atoms with Gasteiger partial charge in [-0.25, -0.2) is 0 Å². The molecular formula is C15H31NO3. The first-order chi connectivity index (χ1) is 8.93. The van der Waals surface area contributed by atoms with Gasteiger partial charge in [0.2, 0.25) is 0 Å². The molecular weight excluding hydrogens is 242 g/mol. The van der Waals surface area contributed by atoms with E-state index in [0.29, 0.717) is 25.7 Å². The Bertz CT molecular complexity index is 248. The van der Waals surface area contributed by atoms with Gasteiger partial charge in [-0.15, -0.1) is 0 Å². The Labute approximate surface area is 117 Å². The zero-order chi connectivity index (χ0) is 14.4. The normalized spacial score (nSPS) is 19.4. The Kier molecular flexibility index (Phi) is 6.74. The summed E-state index contributed by atoms with van der Waals surface area (Å²) in [5, 5.41) is 13.2. The van der Waals surface area contributed by atoms with Crippen LogP contribution in [0.1, 0.15) is 47.0 Å². The van der Waals surface area contributed by atoms with Crippen molar-refractivity contribution < 1.29 is 14.6 Å². The van der Waals surface area contributed by atoms with Gasteiger partial charge < -0.3 is 19.9 Å². The summed E-state index contributed by atoms with van der Waals surface area (Å²) in [4.78, 5) is 0. The molecule has 114 valence electrons. The summed E-state index contributed by atoms with van der Waals surface area (Å²) in [6, 6.07) is 0. The van der Waals surface area contributed by atoms with Crippen LogP contribution in [0.25, 0.3) is 0 Å². The quantitative estimate of drug-likeness (QED) is 0.597. The summed E-state index contributed by atoms with van der Waals surface area (Å²) in [7, 11) is 0. The van der Waals surface area contributed by atoms with Crippen molar-refractivity contribution in [2.45, 2.75) is 58.1 Å². The fraction of sp³-hybridized carbons (Fsp3) is 1.00. The van der Waals surface area contributed by atoms with Crippen LogP contribution in [-0.4, -0.2) is 49.2 Å². The van der Waals surface area contributed by atoms with Gasteiger partial charge in [-0.1, -0.05) is 6.92 Å². The van der Waals surface area contributed by atoms with Crippen LogP contribution in [0.15, 0.2) is 0 Å². The Morgan fingerprint density at radius 1 is 1.21 bits per heavy atom. The lowest BCUT2D eigenvalue weighted by Crippen LogP contribution is -2.54. The lowest BCUT2D eigenvalue weighted by atomic mass is 9.95. The minimum atomic E-state index is -0.238. The fourth-order valence-corrected chi connectivity index (χ4v) is 2.21. The molecule has 4 nitrogen and oxygen atoms in total. The molecule has 0 radical (unpaired) electrons. The lowest BCUT2D eigenvalue weighted by molar-refractivity contribution is -0.0503. The molecule has 2 N–H and O–H groups in total. The summed E-state index contributed by atoms with van der Waals surface area (Å²) in [5.74, 6) is 0.563. The average molecular weight is 273 g/mol. The van der Waals surface area contributed by atoms with Crippen LogP contribution in [-0.2, 0) is 9.47 Å². The van der Waals surface area contributed by atoms with Crippen molar-refractivity contribution in [3.05, 3.63) is 0 Å². The van der Waals surface area contributed by atoms with Gasteiger partial charge in [0.05, 0.1) is 37.6 Å². The van der Waals surface area contributed by atoms with Crippen molar-refractivity contribution in [2.75, 3.05) is 33.0 Å². The van der Waals surface area contributed by atoms with Gasteiger partial charge in [-0.3, -0.25) is 0 Å². The highest BCUT2D eigenvalue weighted by Crippen LogP contribution is 2.39. The Balaban J connectivity index is 2.28. The zero-order valence-electron chi connectivity index (χ0n) is 13.0. The average Bonchev–Trinajstić information content (AvgIpc) is 3.16. The van der Waals surface area contributed by atoms with Crippen LogP contribution in [0.2, 0.25) is 0 Å². The van der Waals surface area contributed by atoms with Crippen molar-refractivity contribution >= 4 is 0 Å². The van der Waals surface area contributed by atoms with Crippen LogP contribution in [0, 0.1) is 5.92 Å². The van der Waals surface area contributed by atoms with E-state index in [1.165, 1.54) is 12.8 Å². The van der Waals surface area contributed by atoms with E-state index in [1.807, 2.05) is 20.8 Å². The molecule has 0 aromatic rings. The first-order valence-corrected chi connectivity index (χ1v) is 7.51. The van der Waals surface area contributed by atoms with E-state index in [-0.39, 0.29) is 17.7 Å². The third-order valence-corrected chi connectivity index (χ3v) is 3.49. The maximum absolute atomic E-state index is 9.73. The first-order valence-electron chi connectivity index (χ1n) is 7.51. The van der Waals surface area contributed by atoms with Crippen molar-refractivity contribution in [3.8, 4) is 0 Å². The third-order valence-electron chi connectivity index (χ3n) is 3.49. The van der Waals surface area contributed by atoms with Gasteiger partial charge in [0.25, 0.3) is 0 Å². The van der Waals surface area contributed by atoms with Gasteiger partial charge in [-0.2, -0.15) is 0 Å². The van der Waals surface area contributed by atoms with Crippen molar-refractivity contribution in [3.63, 3.8) is 0 Å². The number of rotatable bonds is 10. The molecule has 1 aliphatic carbocycles. The highest BCUT2D eigenvalue weighted by atomic mass is 16.5. The van der Waals surface area contributed by atoms with Crippen LogP contribution in [0.4, 0.5) is 0 Å². The predicted molar refractivity (Wildman–Crippen MR) is 77.4 cm³/mol. The van der Waals surface area contributed by atoms with Crippen molar-refractivity contribution in [1.29, 1.82) is 0 Å². The van der Waals surface area contributed by atoms with Crippen LogP contribution < -0.4 is 5.32 Å². The Hall–Kier alpha value is -0.160. The van der Waals surface area contributed by atoms with E-state index in [0.717, 1.165) is 13.0 Å². The number of aliphatic hydroxyl groups excluding tert-OH is 1. The minimum absolute atomic E-state index is 0.117. The highest BCUT2D eigenvalue weighted by Gasteiger charge is 2.44. The molecule has 0 spiro atoms. The second-order valence-electron chi connectivity index (χ2n) is 6.53. The van der Waals surface area contributed by atoms with Gasteiger partial charge in [0.15, 0.2) is 0 Å². The van der Waals surface area contributed by atoms with E-state index in [1.54, 1.807) is 0 Å². The fourth-order valence-electron chi connectivity index (χ4n) is 2.21. The lowest BCUT2D eigenvalue weighted by Gasteiger charge is -2.33. The molecule has 1 saturated carbocycles. The molecule has 0 saturated heterocycles. The molecule has 0 aromatic carbocycles. The maximum Gasteiger partial charge on any atom is 0.0707 e. The molecule has 1 aliphatic rings. The summed E-state index contributed by atoms with van der Waals surface area (Å²) in [5.41, 5.74) is -0.355. The molecule has 1 atom stereocenters. The third kappa shape index (κ3) is 6.21. The molecule has 0 bridgehead atoms. The molecule has 0 amide bonds. The second-order valence-corrected chi connectivity index (χ2v) is 6.53. The molecule has 1 fully saturated rings. The van der Waals surface area contributed by atoms with Gasteiger partial charge in [-0.05, 0) is 52.5 Å². The van der Waals surface area contributed by atoms with Crippen LogP contribution in [0.5, 0.6) is 0 Å². The molecule has 0 heterocycles. The predicted octanol–water partition coefficient (Wildman–Crippen LogP) is 1.96.